The molecule has 17 heavy (non-hydrogen) atoms. The van der Waals surface area contributed by atoms with Gasteiger partial charge in [-0.2, -0.15) is 5.48 Å². The Bertz CT molecular complexity index is 380. The first-order valence-electron chi connectivity index (χ1n) is 4.88. The fourth-order valence-electron chi connectivity index (χ4n) is 1.19. The third-order valence-corrected chi connectivity index (χ3v) is 2.03. The fraction of sp³-hybridized carbons (Fsp3) is 0.364. The lowest BCUT2D eigenvalue weighted by atomic mass is 10.2. The number of ether oxygens (including phenoxy) is 3. The SMILES string of the molecule is COC(=O)NOCc1ccc(OC)c(OC)c1. The molecule has 0 heterocycles. The molecule has 1 aromatic carbocycles. The summed E-state index contributed by atoms with van der Waals surface area (Å²) in [6.45, 7) is 0.204. The topological polar surface area (TPSA) is 66.0 Å². The van der Waals surface area contributed by atoms with Crippen LogP contribution in [-0.2, 0) is 16.2 Å². The van der Waals surface area contributed by atoms with Crippen molar-refractivity contribution in [2.24, 2.45) is 0 Å². The van der Waals surface area contributed by atoms with Crippen molar-refractivity contribution in [1.29, 1.82) is 0 Å². The summed E-state index contributed by atoms with van der Waals surface area (Å²) >= 11 is 0. The molecule has 1 N–H and O–H groups in total. The van der Waals surface area contributed by atoms with E-state index >= 15 is 0 Å². The van der Waals surface area contributed by atoms with Crippen LogP contribution in [0.25, 0.3) is 0 Å². The molecule has 0 unspecified atom stereocenters. The van der Waals surface area contributed by atoms with Crippen molar-refractivity contribution in [2.45, 2.75) is 6.61 Å². The van der Waals surface area contributed by atoms with Crippen molar-refractivity contribution in [3.05, 3.63) is 23.8 Å². The van der Waals surface area contributed by atoms with Gasteiger partial charge in [-0.1, -0.05) is 6.07 Å². The Morgan fingerprint density at radius 1 is 1.18 bits per heavy atom. The number of carbonyl (C=O) groups excluding carboxylic acids is 1. The number of nitrogens with one attached hydrogen (secondary N) is 1. The average molecular weight is 241 g/mol. The van der Waals surface area contributed by atoms with E-state index in [-0.39, 0.29) is 6.61 Å². The Balaban J connectivity index is 2.57. The Morgan fingerprint density at radius 2 is 1.88 bits per heavy atom. The largest absolute Gasteiger partial charge is 0.493 e. The summed E-state index contributed by atoms with van der Waals surface area (Å²) in [5.74, 6) is 1.24. The number of benzene rings is 1. The molecule has 0 saturated carbocycles. The van der Waals surface area contributed by atoms with Crippen LogP contribution in [0.3, 0.4) is 0 Å². The van der Waals surface area contributed by atoms with Crippen LogP contribution >= 0.6 is 0 Å². The fourth-order valence-corrected chi connectivity index (χ4v) is 1.19. The van der Waals surface area contributed by atoms with Gasteiger partial charge in [-0.05, 0) is 17.7 Å². The molecule has 6 nitrogen and oxygen atoms in total. The predicted octanol–water partition coefficient (Wildman–Crippen LogP) is 1.49. The minimum Gasteiger partial charge on any atom is -0.493 e. The smallest absolute Gasteiger partial charge is 0.431 e. The van der Waals surface area contributed by atoms with Crippen molar-refractivity contribution in [2.75, 3.05) is 21.3 Å². The Morgan fingerprint density at radius 3 is 2.47 bits per heavy atom. The highest BCUT2D eigenvalue weighted by Crippen LogP contribution is 2.27. The Kier molecular flexibility index (Phi) is 5.09. The minimum atomic E-state index is -0.648. The number of hydrogen-bond acceptors (Lipinski definition) is 5. The number of hydroxylamine groups is 1. The standard InChI is InChI=1S/C11H15NO5/c1-14-9-5-4-8(6-10(9)15-2)7-17-12-11(13)16-3/h4-6H,7H2,1-3H3,(H,12,13). The maximum atomic E-state index is 10.7. The maximum absolute atomic E-state index is 10.7. The number of rotatable bonds is 5. The first-order chi connectivity index (χ1) is 8.21. The first-order valence-corrected chi connectivity index (χ1v) is 4.88. The van der Waals surface area contributed by atoms with E-state index in [1.165, 1.54) is 7.11 Å². The molecule has 94 valence electrons. The second-order valence-electron chi connectivity index (χ2n) is 3.07. The van der Waals surface area contributed by atoms with Crippen molar-refractivity contribution < 1.29 is 23.8 Å². The molecule has 0 saturated heterocycles. The van der Waals surface area contributed by atoms with E-state index in [9.17, 15) is 4.79 Å². The van der Waals surface area contributed by atoms with E-state index in [0.717, 1.165) is 5.56 Å². The van der Waals surface area contributed by atoms with Crippen LogP contribution in [0.5, 0.6) is 11.5 Å². The van der Waals surface area contributed by atoms with Crippen LogP contribution in [-0.4, -0.2) is 27.4 Å². The molecule has 0 aliphatic rings. The summed E-state index contributed by atoms with van der Waals surface area (Å²) in [5.41, 5.74) is 2.95. The molecular formula is C11H15NO5. The number of amides is 1. The maximum Gasteiger partial charge on any atom is 0.431 e. The van der Waals surface area contributed by atoms with Crippen molar-refractivity contribution in [1.82, 2.24) is 5.48 Å². The van der Waals surface area contributed by atoms with Gasteiger partial charge in [0.15, 0.2) is 11.5 Å². The third kappa shape index (κ3) is 3.84. The second kappa shape index (κ2) is 6.59. The number of carbonyl (C=O) groups is 1. The summed E-state index contributed by atoms with van der Waals surface area (Å²) in [6, 6.07) is 5.33. The quantitative estimate of drug-likeness (QED) is 0.791. The average Bonchev–Trinajstić information content (AvgIpc) is 2.38. The zero-order chi connectivity index (χ0) is 12.7. The molecule has 0 spiro atoms. The molecule has 0 aromatic heterocycles. The van der Waals surface area contributed by atoms with E-state index < -0.39 is 6.09 Å². The van der Waals surface area contributed by atoms with Gasteiger partial charge in [-0.25, -0.2) is 4.79 Å². The third-order valence-electron chi connectivity index (χ3n) is 2.03. The van der Waals surface area contributed by atoms with Crippen LogP contribution in [0.15, 0.2) is 18.2 Å². The van der Waals surface area contributed by atoms with Gasteiger partial charge < -0.3 is 14.2 Å². The summed E-state index contributed by atoms with van der Waals surface area (Å²) < 4.78 is 14.6. The molecule has 0 aliphatic carbocycles. The summed E-state index contributed by atoms with van der Waals surface area (Å²) in [7, 11) is 4.37. The molecule has 6 heteroatoms. The van der Waals surface area contributed by atoms with Crippen LogP contribution in [0.1, 0.15) is 5.56 Å². The first kappa shape index (κ1) is 13.1. The molecule has 0 radical (unpaired) electrons. The normalized spacial score (nSPS) is 9.59. The molecular weight excluding hydrogens is 226 g/mol. The van der Waals surface area contributed by atoms with Gasteiger partial charge in [0.2, 0.25) is 0 Å². The molecule has 1 aromatic rings. The molecule has 1 rings (SSSR count). The van der Waals surface area contributed by atoms with E-state index in [1.54, 1.807) is 32.4 Å². The Labute approximate surface area is 99.4 Å². The van der Waals surface area contributed by atoms with Gasteiger partial charge in [0.1, 0.15) is 6.61 Å². The highest BCUT2D eigenvalue weighted by atomic mass is 16.7. The monoisotopic (exact) mass is 241 g/mol. The summed E-state index contributed by atoms with van der Waals surface area (Å²) in [5, 5.41) is 0. The summed E-state index contributed by atoms with van der Waals surface area (Å²) in [6.07, 6.45) is -0.648. The van der Waals surface area contributed by atoms with Crippen molar-refractivity contribution in [3.8, 4) is 11.5 Å². The van der Waals surface area contributed by atoms with Crippen LogP contribution in [0.4, 0.5) is 4.79 Å². The highest BCUT2D eigenvalue weighted by molar-refractivity contribution is 5.65. The lowest BCUT2D eigenvalue weighted by molar-refractivity contribution is 0.0250. The van der Waals surface area contributed by atoms with E-state index in [1.807, 2.05) is 0 Å². The highest BCUT2D eigenvalue weighted by Gasteiger charge is 2.05. The zero-order valence-corrected chi connectivity index (χ0v) is 9.98. The van der Waals surface area contributed by atoms with E-state index in [0.29, 0.717) is 11.5 Å². The number of methoxy groups -OCH3 is 3. The molecule has 0 aliphatic heterocycles. The van der Waals surface area contributed by atoms with Crippen molar-refractivity contribution >= 4 is 6.09 Å². The number of hydrogen-bond donors (Lipinski definition) is 1. The lowest BCUT2D eigenvalue weighted by Gasteiger charge is -2.09. The van der Waals surface area contributed by atoms with Crippen LogP contribution in [0.2, 0.25) is 0 Å². The Hall–Kier alpha value is -1.95. The van der Waals surface area contributed by atoms with Gasteiger partial charge >= 0.3 is 6.09 Å². The van der Waals surface area contributed by atoms with Crippen molar-refractivity contribution in [3.63, 3.8) is 0 Å². The van der Waals surface area contributed by atoms with Gasteiger partial charge in [0.05, 0.1) is 21.3 Å². The van der Waals surface area contributed by atoms with E-state index in [4.69, 9.17) is 14.3 Å². The van der Waals surface area contributed by atoms with Crippen LogP contribution < -0.4 is 15.0 Å². The lowest BCUT2D eigenvalue weighted by Crippen LogP contribution is -2.23. The minimum absolute atomic E-state index is 0.204. The van der Waals surface area contributed by atoms with Crippen LogP contribution in [0, 0.1) is 0 Å². The molecule has 0 atom stereocenters. The van der Waals surface area contributed by atoms with E-state index in [2.05, 4.69) is 10.2 Å². The van der Waals surface area contributed by atoms with Gasteiger partial charge in [-0.15, -0.1) is 0 Å². The second-order valence-corrected chi connectivity index (χ2v) is 3.07. The van der Waals surface area contributed by atoms with Gasteiger partial charge in [-0.3, -0.25) is 4.84 Å². The zero-order valence-electron chi connectivity index (χ0n) is 9.98. The predicted molar refractivity (Wildman–Crippen MR) is 59.9 cm³/mol. The molecule has 0 fully saturated rings. The van der Waals surface area contributed by atoms with Gasteiger partial charge in [0, 0.05) is 0 Å². The van der Waals surface area contributed by atoms with Gasteiger partial charge in [0.25, 0.3) is 0 Å². The molecule has 1 amide bonds. The molecule has 0 bridgehead atoms. The summed E-state index contributed by atoms with van der Waals surface area (Å²) in [4.78, 5) is 15.6.